The lowest BCUT2D eigenvalue weighted by molar-refractivity contribution is -0.147. The van der Waals surface area contributed by atoms with Crippen LogP contribution in [0.3, 0.4) is 0 Å². The van der Waals surface area contributed by atoms with Crippen molar-refractivity contribution < 1.29 is 24.6 Å². The lowest BCUT2D eigenvalue weighted by Gasteiger charge is -2.23. The fraction of sp³-hybridized carbons (Fsp3) is 0.571. The van der Waals surface area contributed by atoms with Crippen LogP contribution in [0.4, 0.5) is 0 Å². The van der Waals surface area contributed by atoms with Gasteiger partial charge < -0.3 is 26.7 Å². The minimum absolute atomic E-state index is 0.0405. The first-order valence-corrected chi connectivity index (χ1v) is 7.53. The zero-order chi connectivity index (χ0) is 18.1. The third-order valence-corrected chi connectivity index (χ3v) is 3.47. The molecule has 0 fully saturated rings. The van der Waals surface area contributed by atoms with Gasteiger partial charge >= 0.3 is 5.97 Å². The number of carbonyl (C=O) groups is 3. The summed E-state index contributed by atoms with van der Waals surface area (Å²) in [6, 6.07) is -1.95. The van der Waals surface area contributed by atoms with Gasteiger partial charge in [0, 0.05) is 19.2 Å². The molecule has 1 unspecified atom stereocenters. The van der Waals surface area contributed by atoms with E-state index < -0.39 is 36.5 Å². The van der Waals surface area contributed by atoms with Crippen LogP contribution in [0.15, 0.2) is 12.5 Å². The number of nitrogens with zero attached hydrogens (tertiary/aromatic N) is 2. The van der Waals surface area contributed by atoms with E-state index in [9.17, 15) is 14.4 Å². The molecule has 134 valence electrons. The van der Waals surface area contributed by atoms with E-state index >= 15 is 0 Å². The average Bonchev–Trinajstić information content (AvgIpc) is 3.06. The number of hydrogen-bond donors (Lipinski definition) is 5. The highest BCUT2D eigenvalue weighted by Gasteiger charge is 2.26. The third-order valence-electron chi connectivity index (χ3n) is 3.47. The van der Waals surface area contributed by atoms with E-state index in [1.54, 1.807) is 6.20 Å². The molecule has 0 aliphatic heterocycles. The first-order valence-electron chi connectivity index (χ1n) is 7.53. The fourth-order valence-electron chi connectivity index (χ4n) is 2.12. The van der Waals surface area contributed by atoms with E-state index in [1.165, 1.54) is 6.33 Å². The Hall–Kier alpha value is -2.30. The number of nitrogens with one attached hydrogen (secondary N) is 1. The highest BCUT2D eigenvalue weighted by Crippen LogP contribution is 2.06. The van der Waals surface area contributed by atoms with E-state index in [4.69, 9.17) is 21.7 Å². The van der Waals surface area contributed by atoms with Crippen LogP contribution < -0.4 is 11.5 Å². The molecule has 0 aliphatic rings. The first-order chi connectivity index (χ1) is 11.4. The van der Waals surface area contributed by atoms with Gasteiger partial charge in [0.05, 0.1) is 18.1 Å². The summed E-state index contributed by atoms with van der Waals surface area (Å²) >= 11 is 0. The topological polar surface area (TPSA) is 176 Å². The SMILES string of the molecule is NC(Cc1c[nH]cn1)C(=O)N(CCCC[C@H](N)C(=O)O)C(=O)CO. The van der Waals surface area contributed by atoms with Crippen LogP contribution >= 0.6 is 0 Å². The number of nitrogens with two attached hydrogens (primary N) is 2. The van der Waals surface area contributed by atoms with E-state index in [0.29, 0.717) is 18.5 Å². The number of aliphatic hydroxyl groups is 1. The van der Waals surface area contributed by atoms with Crippen molar-refractivity contribution in [1.29, 1.82) is 0 Å². The Morgan fingerprint density at radius 3 is 2.50 bits per heavy atom. The molecule has 1 aromatic rings. The minimum Gasteiger partial charge on any atom is -0.480 e. The number of carboxylic acid groups (broad SMARTS) is 1. The van der Waals surface area contributed by atoms with Gasteiger partial charge in [-0.1, -0.05) is 0 Å². The van der Waals surface area contributed by atoms with Crippen LogP contribution in [0.2, 0.25) is 0 Å². The molecule has 0 bridgehead atoms. The largest absolute Gasteiger partial charge is 0.480 e. The van der Waals surface area contributed by atoms with Gasteiger partial charge in [-0.05, 0) is 19.3 Å². The molecule has 7 N–H and O–H groups in total. The van der Waals surface area contributed by atoms with Crippen molar-refractivity contribution in [2.75, 3.05) is 13.2 Å². The molecule has 0 saturated heterocycles. The molecular formula is C14H23N5O5. The number of amides is 2. The van der Waals surface area contributed by atoms with Crippen molar-refractivity contribution in [3.63, 3.8) is 0 Å². The second-order valence-electron chi connectivity index (χ2n) is 5.35. The molecule has 1 aromatic heterocycles. The Morgan fingerprint density at radius 2 is 1.96 bits per heavy atom. The molecule has 0 saturated carbocycles. The molecule has 1 heterocycles. The van der Waals surface area contributed by atoms with Crippen molar-refractivity contribution in [3.8, 4) is 0 Å². The van der Waals surface area contributed by atoms with E-state index in [-0.39, 0.29) is 19.4 Å². The number of carboxylic acids is 1. The number of rotatable bonds is 10. The number of aliphatic hydroxyl groups excluding tert-OH is 1. The Kier molecular flexibility index (Phi) is 8.02. The summed E-state index contributed by atoms with van der Waals surface area (Å²) in [5.74, 6) is -2.46. The monoisotopic (exact) mass is 341 g/mol. The fourth-order valence-corrected chi connectivity index (χ4v) is 2.12. The number of imide groups is 1. The number of carbonyl (C=O) groups excluding carboxylic acids is 2. The van der Waals surface area contributed by atoms with Gasteiger partial charge in [0.1, 0.15) is 12.6 Å². The lowest BCUT2D eigenvalue weighted by Crippen LogP contribution is -2.49. The van der Waals surface area contributed by atoms with Gasteiger partial charge in [0.25, 0.3) is 5.91 Å². The van der Waals surface area contributed by atoms with Gasteiger partial charge in [0.15, 0.2) is 0 Å². The molecule has 2 atom stereocenters. The smallest absolute Gasteiger partial charge is 0.320 e. The Balaban J connectivity index is 2.55. The molecule has 2 amide bonds. The summed E-state index contributed by atoms with van der Waals surface area (Å²) in [4.78, 5) is 42.3. The molecule has 24 heavy (non-hydrogen) atoms. The molecule has 10 heteroatoms. The van der Waals surface area contributed by atoms with Crippen LogP contribution in [-0.2, 0) is 20.8 Å². The number of aromatic amines is 1. The van der Waals surface area contributed by atoms with E-state index in [2.05, 4.69) is 9.97 Å². The normalized spacial score (nSPS) is 13.3. The molecule has 10 nitrogen and oxygen atoms in total. The van der Waals surface area contributed by atoms with Crippen molar-refractivity contribution in [1.82, 2.24) is 14.9 Å². The van der Waals surface area contributed by atoms with Crippen molar-refractivity contribution in [2.24, 2.45) is 11.5 Å². The summed E-state index contributed by atoms with van der Waals surface area (Å²) in [7, 11) is 0. The second kappa shape index (κ2) is 9.75. The standard InChI is InChI=1S/C14H23N5O5/c15-10(14(23)24)3-1-2-4-19(12(21)7-20)13(22)11(16)5-9-6-17-8-18-9/h6,8,10-11,20H,1-5,7,15-16H2,(H,17,18)(H,23,24)/t10-,11?/m0/s1. The van der Waals surface area contributed by atoms with Crippen LogP contribution in [0, 0.1) is 0 Å². The summed E-state index contributed by atoms with van der Waals surface area (Å²) in [5, 5.41) is 17.7. The van der Waals surface area contributed by atoms with Gasteiger partial charge in [-0.3, -0.25) is 19.3 Å². The van der Waals surface area contributed by atoms with Gasteiger partial charge in [0.2, 0.25) is 5.91 Å². The summed E-state index contributed by atoms with van der Waals surface area (Å²) in [5.41, 5.74) is 11.8. The predicted octanol–water partition coefficient (Wildman–Crippen LogP) is -1.79. The molecule has 0 aromatic carbocycles. The molecular weight excluding hydrogens is 318 g/mol. The summed E-state index contributed by atoms with van der Waals surface area (Å²) in [6.07, 6.45) is 4.22. The quantitative estimate of drug-likeness (QED) is 0.310. The predicted molar refractivity (Wildman–Crippen MR) is 83.5 cm³/mol. The number of unbranched alkanes of at least 4 members (excludes halogenated alkanes) is 1. The van der Waals surface area contributed by atoms with Crippen LogP contribution in [0.5, 0.6) is 0 Å². The zero-order valence-electron chi connectivity index (χ0n) is 13.2. The minimum atomic E-state index is -1.10. The summed E-state index contributed by atoms with van der Waals surface area (Å²) in [6.45, 7) is -0.770. The maximum Gasteiger partial charge on any atom is 0.320 e. The molecule has 0 aliphatic carbocycles. The van der Waals surface area contributed by atoms with Crippen LogP contribution in [0.1, 0.15) is 25.0 Å². The Labute approximate surface area is 138 Å². The molecule has 0 spiro atoms. The number of hydrogen-bond acceptors (Lipinski definition) is 7. The Morgan fingerprint density at radius 1 is 1.25 bits per heavy atom. The number of H-pyrrole nitrogens is 1. The molecule has 1 rings (SSSR count). The number of aliphatic carboxylic acids is 1. The average molecular weight is 341 g/mol. The highest BCUT2D eigenvalue weighted by molar-refractivity contribution is 5.98. The van der Waals surface area contributed by atoms with Crippen LogP contribution in [0.25, 0.3) is 0 Å². The summed E-state index contributed by atoms with van der Waals surface area (Å²) < 4.78 is 0. The Bertz CT molecular complexity index is 548. The van der Waals surface area contributed by atoms with Crippen molar-refractivity contribution >= 4 is 17.8 Å². The van der Waals surface area contributed by atoms with Crippen molar-refractivity contribution in [2.45, 2.75) is 37.8 Å². The van der Waals surface area contributed by atoms with E-state index in [1.807, 2.05) is 0 Å². The van der Waals surface area contributed by atoms with E-state index in [0.717, 1.165) is 4.90 Å². The van der Waals surface area contributed by atoms with Gasteiger partial charge in [-0.15, -0.1) is 0 Å². The van der Waals surface area contributed by atoms with Gasteiger partial charge in [-0.2, -0.15) is 0 Å². The maximum atomic E-state index is 12.3. The number of aromatic nitrogens is 2. The lowest BCUT2D eigenvalue weighted by atomic mass is 10.1. The maximum absolute atomic E-state index is 12.3. The first kappa shape index (κ1) is 19.7. The van der Waals surface area contributed by atoms with Crippen LogP contribution in [-0.4, -0.2) is 68.1 Å². The second-order valence-corrected chi connectivity index (χ2v) is 5.35. The number of imidazole rings is 1. The highest BCUT2D eigenvalue weighted by atomic mass is 16.4. The zero-order valence-corrected chi connectivity index (χ0v) is 13.2. The van der Waals surface area contributed by atoms with Gasteiger partial charge in [-0.25, -0.2) is 4.98 Å². The third kappa shape index (κ3) is 6.07. The molecule has 0 radical (unpaired) electrons. The van der Waals surface area contributed by atoms with Crippen molar-refractivity contribution in [3.05, 3.63) is 18.2 Å².